The maximum Gasteiger partial charge on any atom is 0.573 e. The number of aryl methyl sites for hydroxylation is 1. The SMILES string of the molecule is C=C(C)C(=O)OCCCc1ccc2c(sc3c(OC(F)(F)F)c(OC(=O)C(=C)C)ccc32)c1OC(F)(F)F. The van der Waals surface area contributed by atoms with Crippen molar-refractivity contribution in [3.05, 3.63) is 54.1 Å². The molecular formula is C25H20F6O6S. The number of benzene rings is 2. The van der Waals surface area contributed by atoms with E-state index in [2.05, 4.69) is 22.6 Å². The minimum absolute atomic E-state index is 0.00749. The van der Waals surface area contributed by atoms with Gasteiger partial charge in [-0.2, -0.15) is 0 Å². The zero-order chi connectivity index (χ0) is 28.4. The third kappa shape index (κ3) is 6.97. The van der Waals surface area contributed by atoms with Gasteiger partial charge >= 0.3 is 24.7 Å². The summed E-state index contributed by atoms with van der Waals surface area (Å²) in [5, 5.41) is 0.278. The number of esters is 2. The number of carbonyl (C=O) groups excluding carboxylic acids is 2. The Hall–Kier alpha value is -3.74. The molecule has 3 aromatic rings. The van der Waals surface area contributed by atoms with Crippen LogP contribution in [0.4, 0.5) is 26.3 Å². The number of ether oxygens (including phenoxy) is 4. The van der Waals surface area contributed by atoms with Crippen LogP contribution in [0, 0.1) is 0 Å². The predicted molar refractivity (Wildman–Crippen MR) is 127 cm³/mol. The number of fused-ring (bicyclic) bond motifs is 3. The zero-order valence-corrected chi connectivity index (χ0v) is 20.8. The molecule has 1 aromatic heterocycles. The van der Waals surface area contributed by atoms with E-state index in [-0.39, 0.29) is 56.3 Å². The van der Waals surface area contributed by atoms with Gasteiger partial charge in [-0.05, 0) is 44.4 Å². The average molecular weight is 562 g/mol. The minimum Gasteiger partial charge on any atom is -0.462 e. The lowest BCUT2D eigenvalue weighted by Crippen LogP contribution is -2.18. The standard InChI is InChI=1S/C25H20F6O6S/c1-12(2)22(32)34-11-5-6-14-7-8-15-16-9-10-17(35-23(33)13(3)4)19(37-25(29,30)31)21(16)38-20(15)18(14)36-24(26,27)28/h7-10H,1,3,5-6,11H2,2,4H3. The molecule has 1 heterocycles. The van der Waals surface area contributed by atoms with Crippen molar-refractivity contribution in [2.24, 2.45) is 0 Å². The molecule has 204 valence electrons. The number of hydrogen-bond acceptors (Lipinski definition) is 7. The number of halogens is 6. The monoisotopic (exact) mass is 562 g/mol. The van der Waals surface area contributed by atoms with Crippen LogP contribution in [0.1, 0.15) is 25.8 Å². The van der Waals surface area contributed by atoms with Crippen molar-refractivity contribution in [1.82, 2.24) is 0 Å². The van der Waals surface area contributed by atoms with Crippen LogP contribution in [-0.2, 0) is 20.7 Å². The molecule has 0 aliphatic carbocycles. The normalized spacial score (nSPS) is 11.9. The van der Waals surface area contributed by atoms with Gasteiger partial charge in [-0.25, -0.2) is 9.59 Å². The maximum absolute atomic E-state index is 13.3. The highest BCUT2D eigenvalue weighted by Crippen LogP contribution is 2.49. The van der Waals surface area contributed by atoms with Gasteiger partial charge in [0, 0.05) is 21.9 Å². The van der Waals surface area contributed by atoms with E-state index in [1.165, 1.54) is 32.0 Å². The lowest BCUT2D eigenvalue weighted by molar-refractivity contribution is -0.275. The second-order valence-corrected chi connectivity index (χ2v) is 9.11. The van der Waals surface area contributed by atoms with Gasteiger partial charge in [0.2, 0.25) is 0 Å². The summed E-state index contributed by atoms with van der Waals surface area (Å²) in [6.07, 6.45) is -10.2. The van der Waals surface area contributed by atoms with Crippen molar-refractivity contribution in [1.29, 1.82) is 0 Å². The number of alkyl halides is 6. The van der Waals surface area contributed by atoms with Crippen LogP contribution in [0.25, 0.3) is 20.2 Å². The largest absolute Gasteiger partial charge is 0.573 e. The molecule has 0 aliphatic rings. The molecule has 0 bridgehead atoms. The van der Waals surface area contributed by atoms with Crippen LogP contribution in [-0.4, -0.2) is 31.3 Å². The third-order valence-electron chi connectivity index (χ3n) is 4.92. The Morgan fingerprint density at radius 3 is 1.89 bits per heavy atom. The number of rotatable bonds is 9. The molecule has 0 radical (unpaired) electrons. The van der Waals surface area contributed by atoms with Crippen LogP contribution in [0.3, 0.4) is 0 Å². The highest BCUT2D eigenvalue weighted by molar-refractivity contribution is 7.26. The molecule has 0 spiro atoms. The van der Waals surface area contributed by atoms with E-state index in [1.807, 2.05) is 0 Å². The Morgan fingerprint density at radius 2 is 1.34 bits per heavy atom. The molecule has 0 atom stereocenters. The molecule has 0 amide bonds. The second-order valence-electron chi connectivity index (χ2n) is 8.09. The highest BCUT2D eigenvalue weighted by atomic mass is 32.1. The fraction of sp³-hybridized carbons (Fsp3) is 0.280. The second kappa shape index (κ2) is 10.9. The van der Waals surface area contributed by atoms with E-state index in [0.717, 1.165) is 6.07 Å². The maximum atomic E-state index is 13.3. The van der Waals surface area contributed by atoms with E-state index >= 15 is 0 Å². The van der Waals surface area contributed by atoms with Gasteiger partial charge in [-0.1, -0.05) is 25.3 Å². The van der Waals surface area contributed by atoms with E-state index in [9.17, 15) is 35.9 Å². The van der Waals surface area contributed by atoms with Crippen molar-refractivity contribution < 1.29 is 54.9 Å². The summed E-state index contributed by atoms with van der Waals surface area (Å²) in [6, 6.07) is 5.12. The van der Waals surface area contributed by atoms with E-state index in [4.69, 9.17) is 9.47 Å². The molecule has 0 saturated heterocycles. The van der Waals surface area contributed by atoms with Gasteiger partial charge in [0.05, 0.1) is 16.0 Å². The Balaban J connectivity index is 2.14. The van der Waals surface area contributed by atoms with Gasteiger partial charge < -0.3 is 18.9 Å². The average Bonchev–Trinajstić information content (AvgIpc) is 3.16. The summed E-state index contributed by atoms with van der Waals surface area (Å²) in [6.45, 7) is 9.41. The molecule has 2 aromatic carbocycles. The zero-order valence-electron chi connectivity index (χ0n) is 20.0. The lowest BCUT2D eigenvalue weighted by Gasteiger charge is -2.14. The molecular weight excluding hydrogens is 542 g/mol. The topological polar surface area (TPSA) is 71.1 Å². The molecule has 0 saturated carbocycles. The van der Waals surface area contributed by atoms with E-state index < -0.39 is 41.9 Å². The molecule has 13 heteroatoms. The van der Waals surface area contributed by atoms with Crippen molar-refractivity contribution in [2.45, 2.75) is 39.4 Å². The first kappa shape index (κ1) is 28.8. The van der Waals surface area contributed by atoms with Crippen molar-refractivity contribution in [3.63, 3.8) is 0 Å². The Labute approximate surface area is 216 Å². The lowest BCUT2D eigenvalue weighted by atomic mass is 10.0. The third-order valence-corrected chi connectivity index (χ3v) is 6.14. The van der Waals surface area contributed by atoms with Gasteiger partial charge in [0.15, 0.2) is 11.5 Å². The first-order valence-corrected chi connectivity index (χ1v) is 11.6. The van der Waals surface area contributed by atoms with Gasteiger partial charge in [-0.3, -0.25) is 0 Å². The van der Waals surface area contributed by atoms with Gasteiger partial charge in [0.1, 0.15) is 5.75 Å². The fourth-order valence-electron chi connectivity index (χ4n) is 3.33. The summed E-state index contributed by atoms with van der Waals surface area (Å²) >= 11 is 0.547. The first-order chi connectivity index (χ1) is 17.6. The van der Waals surface area contributed by atoms with Crippen LogP contribution >= 0.6 is 11.3 Å². The van der Waals surface area contributed by atoms with Crippen LogP contribution < -0.4 is 14.2 Å². The minimum atomic E-state index is -5.20. The molecule has 6 nitrogen and oxygen atoms in total. The predicted octanol–water partition coefficient (Wildman–Crippen LogP) is 7.39. The summed E-state index contributed by atoms with van der Waals surface area (Å²) in [4.78, 5) is 23.5. The number of carbonyl (C=O) groups is 2. The molecule has 3 rings (SSSR count). The molecule has 0 aliphatic heterocycles. The van der Waals surface area contributed by atoms with Crippen molar-refractivity contribution in [2.75, 3.05) is 6.61 Å². The fourth-order valence-corrected chi connectivity index (χ4v) is 4.61. The molecule has 0 unspecified atom stereocenters. The summed E-state index contributed by atoms with van der Waals surface area (Å²) in [5.41, 5.74) is 0.141. The van der Waals surface area contributed by atoms with Crippen LogP contribution in [0.15, 0.2) is 48.6 Å². The van der Waals surface area contributed by atoms with E-state index in [0.29, 0.717) is 11.3 Å². The highest BCUT2D eigenvalue weighted by Gasteiger charge is 2.36. The summed E-state index contributed by atoms with van der Waals surface area (Å²) in [5.74, 6) is -3.77. The smallest absolute Gasteiger partial charge is 0.462 e. The molecule has 38 heavy (non-hydrogen) atoms. The molecule has 0 fully saturated rings. The quantitative estimate of drug-likeness (QED) is 0.0891. The van der Waals surface area contributed by atoms with E-state index in [1.54, 1.807) is 0 Å². The Bertz CT molecular complexity index is 1420. The first-order valence-electron chi connectivity index (χ1n) is 10.8. The summed E-state index contributed by atoms with van der Waals surface area (Å²) in [7, 11) is 0. The molecule has 0 N–H and O–H groups in total. The van der Waals surface area contributed by atoms with Crippen LogP contribution in [0.2, 0.25) is 0 Å². The Kier molecular flexibility index (Phi) is 8.30. The van der Waals surface area contributed by atoms with Crippen molar-refractivity contribution >= 4 is 43.4 Å². The number of thiophene rings is 1. The summed E-state index contributed by atoms with van der Waals surface area (Å²) < 4.78 is 97.8. The number of hydrogen-bond donors (Lipinski definition) is 0. The van der Waals surface area contributed by atoms with Gasteiger partial charge in [0.25, 0.3) is 0 Å². The Morgan fingerprint density at radius 1 is 0.816 bits per heavy atom. The van der Waals surface area contributed by atoms with Gasteiger partial charge in [-0.15, -0.1) is 37.7 Å². The van der Waals surface area contributed by atoms with Crippen molar-refractivity contribution in [3.8, 4) is 17.2 Å². The van der Waals surface area contributed by atoms with Crippen LogP contribution in [0.5, 0.6) is 17.2 Å².